The topological polar surface area (TPSA) is 77.3 Å². The Kier molecular flexibility index (Phi) is 13.6. The van der Waals surface area contributed by atoms with Crippen LogP contribution in [0.15, 0.2) is 94.3 Å². The van der Waals surface area contributed by atoms with Crippen molar-refractivity contribution in [2.24, 2.45) is 21.0 Å². The molecule has 42 heavy (non-hydrogen) atoms. The first-order valence-electron chi connectivity index (χ1n) is 13.7. The first-order valence-corrected chi connectivity index (χ1v) is 13.7. The van der Waals surface area contributed by atoms with Crippen LogP contribution in [0.4, 0.5) is 28.9 Å². The summed E-state index contributed by atoms with van der Waals surface area (Å²) >= 11 is 0. The van der Waals surface area contributed by atoms with Crippen molar-refractivity contribution in [1.82, 2.24) is 15.3 Å². The lowest BCUT2D eigenvalue weighted by atomic mass is 9.98. The van der Waals surface area contributed by atoms with Gasteiger partial charge in [-0.1, -0.05) is 38.6 Å². The van der Waals surface area contributed by atoms with Crippen molar-refractivity contribution in [3.63, 3.8) is 0 Å². The zero-order valence-corrected chi connectivity index (χ0v) is 24.7. The van der Waals surface area contributed by atoms with Crippen molar-refractivity contribution < 1.29 is 17.6 Å². The van der Waals surface area contributed by atoms with Crippen molar-refractivity contribution in [2.45, 2.75) is 46.5 Å². The summed E-state index contributed by atoms with van der Waals surface area (Å²) in [7, 11) is 1.98. The standard InChI is InChI=1S/C31H39F4N7/c1-7-22(5)23(21-42(6)10-4)14-17-29(28(32)8-2)40-30(36-9-3)41-38-20-26-15-16-27(19-37-26)39-25-13-11-12-24(18-25)31(33,34)35/h8,11-22,28,39H,2,7,9-10H2,1,3-6H3,(H,36,41)/b17-14+,23-21+,38-20+,40-29-. The van der Waals surface area contributed by atoms with Gasteiger partial charge in [-0.25, -0.2) is 14.8 Å². The van der Waals surface area contributed by atoms with Gasteiger partial charge >= 0.3 is 6.18 Å². The molecule has 0 amide bonds. The van der Waals surface area contributed by atoms with Crippen LogP contribution in [0.5, 0.6) is 0 Å². The summed E-state index contributed by atoms with van der Waals surface area (Å²) in [6, 6.07) is 8.20. The van der Waals surface area contributed by atoms with E-state index in [1.165, 1.54) is 30.6 Å². The normalized spacial score (nSPS) is 14.7. The third kappa shape index (κ3) is 11.3. The van der Waals surface area contributed by atoms with Crippen LogP contribution in [-0.2, 0) is 6.18 Å². The van der Waals surface area contributed by atoms with Gasteiger partial charge in [0, 0.05) is 32.0 Å². The number of aliphatic imine (C=N–C) groups is 2. The molecule has 1 aromatic heterocycles. The molecule has 0 fully saturated rings. The smallest absolute Gasteiger partial charge is 0.380 e. The second kappa shape index (κ2) is 16.9. The van der Waals surface area contributed by atoms with E-state index in [-0.39, 0.29) is 23.3 Å². The van der Waals surface area contributed by atoms with Crippen LogP contribution in [0, 0.1) is 5.92 Å². The fraction of sp³-hybridized carbons (Fsp3) is 0.355. The number of benzene rings is 1. The van der Waals surface area contributed by atoms with Gasteiger partial charge in [0.25, 0.3) is 0 Å². The third-order valence-corrected chi connectivity index (χ3v) is 6.15. The Morgan fingerprint density at radius 1 is 1.12 bits per heavy atom. The molecule has 0 aliphatic heterocycles. The predicted molar refractivity (Wildman–Crippen MR) is 165 cm³/mol. The fourth-order valence-electron chi connectivity index (χ4n) is 3.43. The summed E-state index contributed by atoms with van der Waals surface area (Å²) in [5.41, 5.74) is 4.40. The molecule has 0 aliphatic carbocycles. The Morgan fingerprint density at radius 3 is 2.48 bits per heavy atom. The maximum absolute atomic E-state index is 14.8. The molecule has 0 saturated carbocycles. The van der Waals surface area contributed by atoms with Crippen molar-refractivity contribution in [3.8, 4) is 0 Å². The first kappa shape index (κ1) is 33.9. The van der Waals surface area contributed by atoms with E-state index in [2.05, 4.69) is 63.1 Å². The molecule has 226 valence electrons. The molecule has 0 saturated heterocycles. The van der Waals surface area contributed by atoms with E-state index in [0.29, 0.717) is 17.9 Å². The van der Waals surface area contributed by atoms with Crippen molar-refractivity contribution in [2.75, 3.05) is 25.5 Å². The molecule has 0 radical (unpaired) electrons. The van der Waals surface area contributed by atoms with Gasteiger partial charge in [0.05, 0.1) is 35.1 Å². The number of guanidine groups is 1. The number of nitrogens with one attached hydrogen (secondary N) is 2. The molecule has 11 heteroatoms. The zero-order valence-electron chi connectivity index (χ0n) is 24.7. The highest BCUT2D eigenvalue weighted by Crippen LogP contribution is 2.31. The SMILES string of the molecule is C=CC(F)C(/C=C/C(=C\N(C)CC)C(C)CC)=N\C(=NCC)N/N=C/c1ccc(Nc2cccc(C(F)(F)F)c2)cn1. The molecule has 0 bridgehead atoms. The summed E-state index contributed by atoms with van der Waals surface area (Å²) in [5, 5.41) is 7.03. The number of aromatic nitrogens is 1. The van der Waals surface area contributed by atoms with Crippen LogP contribution in [0.3, 0.4) is 0 Å². The Morgan fingerprint density at radius 2 is 1.88 bits per heavy atom. The number of hydrogen-bond acceptors (Lipinski definition) is 5. The second-order valence-corrected chi connectivity index (χ2v) is 9.36. The Balaban J connectivity index is 2.18. The Hall–Kier alpha value is -4.28. The molecular weight excluding hydrogens is 546 g/mol. The average Bonchev–Trinajstić information content (AvgIpc) is 2.98. The number of nitrogens with zero attached hydrogens (tertiary/aromatic N) is 5. The van der Waals surface area contributed by atoms with Gasteiger partial charge in [0.15, 0.2) is 6.17 Å². The van der Waals surface area contributed by atoms with Gasteiger partial charge in [0.2, 0.25) is 5.96 Å². The van der Waals surface area contributed by atoms with E-state index >= 15 is 0 Å². The van der Waals surface area contributed by atoms with Gasteiger partial charge in [-0.05, 0) is 68.2 Å². The first-order chi connectivity index (χ1) is 20.0. The number of pyridine rings is 1. The number of alkyl halides is 4. The van der Waals surface area contributed by atoms with Crippen LogP contribution in [0.1, 0.15) is 45.4 Å². The second-order valence-electron chi connectivity index (χ2n) is 9.36. The highest BCUT2D eigenvalue weighted by atomic mass is 19.4. The Bertz CT molecular complexity index is 1300. The van der Waals surface area contributed by atoms with E-state index in [9.17, 15) is 17.6 Å². The van der Waals surface area contributed by atoms with Crippen LogP contribution >= 0.6 is 0 Å². The Labute approximate surface area is 245 Å². The van der Waals surface area contributed by atoms with Crippen LogP contribution < -0.4 is 10.7 Å². The third-order valence-electron chi connectivity index (χ3n) is 6.15. The van der Waals surface area contributed by atoms with Gasteiger partial charge in [-0.15, -0.1) is 0 Å². The van der Waals surface area contributed by atoms with E-state index < -0.39 is 17.9 Å². The summed E-state index contributed by atoms with van der Waals surface area (Å²) in [6.45, 7) is 12.9. The van der Waals surface area contributed by atoms with E-state index in [0.717, 1.165) is 30.7 Å². The number of halogens is 4. The zero-order chi connectivity index (χ0) is 31.1. The summed E-state index contributed by atoms with van der Waals surface area (Å²) in [6.07, 6.45) is 4.57. The number of allylic oxidation sites excluding steroid dienone is 4. The molecule has 2 atom stereocenters. The quantitative estimate of drug-likeness (QED) is 0.0636. The molecule has 2 aromatic rings. The predicted octanol–water partition coefficient (Wildman–Crippen LogP) is 7.55. The highest BCUT2D eigenvalue weighted by Gasteiger charge is 2.30. The lowest BCUT2D eigenvalue weighted by Gasteiger charge is -2.17. The average molecular weight is 586 g/mol. The van der Waals surface area contributed by atoms with Crippen LogP contribution in [0.25, 0.3) is 0 Å². The molecule has 2 N–H and O–H groups in total. The summed E-state index contributed by atoms with van der Waals surface area (Å²) < 4.78 is 53.7. The monoisotopic (exact) mass is 585 g/mol. The summed E-state index contributed by atoms with van der Waals surface area (Å²) in [4.78, 5) is 15.0. The van der Waals surface area contributed by atoms with Crippen molar-refractivity contribution in [1.29, 1.82) is 0 Å². The van der Waals surface area contributed by atoms with Crippen LogP contribution in [0.2, 0.25) is 0 Å². The number of rotatable bonds is 13. The molecule has 1 aromatic carbocycles. The number of hydrazone groups is 1. The number of anilines is 2. The maximum atomic E-state index is 14.8. The number of hydrogen-bond donors (Lipinski definition) is 2. The minimum absolute atomic E-state index is 0.112. The van der Waals surface area contributed by atoms with E-state index in [1.807, 2.05) is 26.2 Å². The van der Waals surface area contributed by atoms with E-state index in [1.54, 1.807) is 18.2 Å². The molecule has 1 heterocycles. The lowest BCUT2D eigenvalue weighted by molar-refractivity contribution is -0.137. The molecule has 2 rings (SSSR count). The fourth-order valence-corrected chi connectivity index (χ4v) is 3.43. The molecule has 0 spiro atoms. The minimum atomic E-state index is -4.43. The summed E-state index contributed by atoms with van der Waals surface area (Å²) in [5.74, 6) is 0.379. The molecule has 7 nitrogen and oxygen atoms in total. The van der Waals surface area contributed by atoms with Crippen molar-refractivity contribution in [3.05, 3.63) is 90.4 Å². The van der Waals surface area contributed by atoms with Gasteiger partial charge in [-0.2, -0.15) is 18.3 Å². The minimum Gasteiger partial charge on any atom is -0.380 e. The van der Waals surface area contributed by atoms with Gasteiger partial charge in [-0.3, -0.25) is 9.98 Å². The van der Waals surface area contributed by atoms with Gasteiger partial charge < -0.3 is 10.2 Å². The maximum Gasteiger partial charge on any atom is 0.416 e. The van der Waals surface area contributed by atoms with Crippen LogP contribution in [-0.4, -0.2) is 54.1 Å². The van der Waals surface area contributed by atoms with Gasteiger partial charge in [0.1, 0.15) is 0 Å². The lowest BCUT2D eigenvalue weighted by Crippen LogP contribution is -2.21. The van der Waals surface area contributed by atoms with Crippen molar-refractivity contribution >= 4 is 29.3 Å². The molecule has 2 unspecified atom stereocenters. The molecule has 0 aliphatic rings. The highest BCUT2D eigenvalue weighted by molar-refractivity contribution is 6.07. The molecular formula is C31H39F4N7. The van der Waals surface area contributed by atoms with E-state index in [4.69, 9.17) is 0 Å². The largest absolute Gasteiger partial charge is 0.416 e.